The number of para-hydroxylation sites is 1. The highest BCUT2D eigenvalue weighted by atomic mass is 32.2. The lowest BCUT2D eigenvalue weighted by atomic mass is 9.99. The maximum absolute atomic E-state index is 13.6. The first-order valence-electron chi connectivity index (χ1n) is 12.7. The van der Waals surface area contributed by atoms with E-state index in [1.807, 2.05) is 27.7 Å². The molecule has 0 bridgehead atoms. The van der Waals surface area contributed by atoms with Gasteiger partial charge in [0.05, 0.1) is 35.3 Å². The zero-order valence-electron chi connectivity index (χ0n) is 22.8. The number of benzene rings is 2. The van der Waals surface area contributed by atoms with Crippen LogP contribution in [0.5, 0.6) is 5.75 Å². The van der Waals surface area contributed by atoms with Crippen molar-refractivity contribution >= 4 is 27.6 Å². The summed E-state index contributed by atoms with van der Waals surface area (Å²) in [5.41, 5.74) is 1.20. The van der Waals surface area contributed by atoms with Gasteiger partial charge in [-0.3, -0.25) is 9.52 Å². The molecule has 1 aliphatic heterocycles. The number of likely N-dealkylation sites (N-methyl/N-ethyl adjacent to an activating group) is 1. The fourth-order valence-electron chi connectivity index (χ4n) is 4.17. The van der Waals surface area contributed by atoms with Crippen molar-refractivity contribution in [3.05, 3.63) is 53.6 Å². The van der Waals surface area contributed by atoms with Crippen LogP contribution in [0.2, 0.25) is 0 Å². The highest BCUT2D eigenvalue weighted by Crippen LogP contribution is 2.36. The Kier molecular flexibility index (Phi) is 9.26. The minimum absolute atomic E-state index is 0.0531. The summed E-state index contributed by atoms with van der Waals surface area (Å²) >= 11 is 0. The summed E-state index contributed by atoms with van der Waals surface area (Å²) in [6.45, 7) is 9.46. The molecule has 3 N–H and O–H groups in total. The van der Waals surface area contributed by atoms with Crippen LogP contribution >= 0.6 is 0 Å². The lowest BCUT2D eigenvalue weighted by molar-refractivity contribution is 0.0369. The molecule has 0 saturated carbocycles. The SMILES string of the molecule is Cc1ccc(S(=O)(=O)Nc2cccc3c2O[C@@H](CN(C)C(=O)NC(C)C)[C@H](C)CN([C@@H](C)CO)C3=O)cc1. The van der Waals surface area contributed by atoms with E-state index in [4.69, 9.17) is 4.74 Å². The minimum Gasteiger partial charge on any atom is -0.485 e. The van der Waals surface area contributed by atoms with Gasteiger partial charge in [0.1, 0.15) is 6.10 Å². The Morgan fingerprint density at radius 2 is 1.84 bits per heavy atom. The third-order valence-electron chi connectivity index (χ3n) is 6.48. The quantitative estimate of drug-likeness (QED) is 0.467. The van der Waals surface area contributed by atoms with Crippen molar-refractivity contribution in [3.63, 3.8) is 0 Å². The Balaban J connectivity index is 2.05. The Labute approximate surface area is 225 Å². The van der Waals surface area contributed by atoms with Gasteiger partial charge in [0.15, 0.2) is 5.75 Å². The molecule has 3 atom stereocenters. The van der Waals surface area contributed by atoms with E-state index in [-0.39, 0.29) is 65.5 Å². The molecular formula is C27H38N4O6S. The van der Waals surface area contributed by atoms with Crippen molar-refractivity contribution in [2.75, 3.05) is 31.5 Å². The summed E-state index contributed by atoms with van der Waals surface area (Å²) in [6.07, 6.45) is -0.580. The fourth-order valence-corrected chi connectivity index (χ4v) is 5.24. The molecule has 0 fully saturated rings. The molecule has 2 aromatic rings. The number of amides is 3. The second-order valence-electron chi connectivity index (χ2n) is 10.2. The molecule has 2 aromatic carbocycles. The second-order valence-corrected chi connectivity index (χ2v) is 11.9. The fraction of sp³-hybridized carbons (Fsp3) is 0.481. The van der Waals surface area contributed by atoms with E-state index in [9.17, 15) is 23.1 Å². The summed E-state index contributed by atoms with van der Waals surface area (Å²) in [5.74, 6) is -0.552. The van der Waals surface area contributed by atoms with Crippen molar-refractivity contribution in [3.8, 4) is 5.75 Å². The molecular weight excluding hydrogens is 508 g/mol. The number of nitrogens with zero attached hydrogens (tertiary/aromatic N) is 2. The van der Waals surface area contributed by atoms with Crippen LogP contribution in [0.1, 0.15) is 43.6 Å². The zero-order chi connectivity index (χ0) is 28.2. The molecule has 10 nitrogen and oxygen atoms in total. The van der Waals surface area contributed by atoms with Gasteiger partial charge in [0, 0.05) is 25.6 Å². The number of fused-ring (bicyclic) bond motifs is 1. The van der Waals surface area contributed by atoms with Crippen LogP contribution in [0.3, 0.4) is 0 Å². The van der Waals surface area contributed by atoms with Gasteiger partial charge in [-0.2, -0.15) is 0 Å². The van der Waals surface area contributed by atoms with E-state index in [0.717, 1.165) is 5.56 Å². The molecule has 1 heterocycles. The van der Waals surface area contributed by atoms with E-state index in [2.05, 4.69) is 10.0 Å². The topological polar surface area (TPSA) is 128 Å². The number of carbonyl (C=O) groups excluding carboxylic acids is 2. The van der Waals surface area contributed by atoms with Gasteiger partial charge >= 0.3 is 6.03 Å². The van der Waals surface area contributed by atoms with Crippen LogP contribution in [0, 0.1) is 12.8 Å². The summed E-state index contributed by atoms with van der Waals surface area (Å²) in [7, 11) is -2.34. The second kappa shape index (κ2) is 12.0. The number of aliphatic hydroxyl groups excluding tert-OH is 1. The molecule has 0 spiro atoms. The average molecular weight is 547 g/mol. The zero-order valence-corrected chi connectivity index (χ0v) is 23.6. The number of hydrogen-bond acceptors (Lipinski definition) is 6. The number of nitrogens with one attached hydrogen (secondary N) is 2. The lowest BCUT2D eigenvalue weighted by Crippen LogP contribution is -2.51. The molecule has 208 valence electrons. The third kappa shape index (κ3) is 6.76. The molecule has 1 aliphatic rings. The number of rotatable bonds is 8. The van der Waals surface area contributed by atoms with Gasteiger partial charge in [-0.1, -0.05) is 30.7 Å². The number of hydrogen-bond donors (Lipinski definition) is 3. The van der Waals surface area contributed by atoms with Crippen molar-refractivity contribution in [1.82, 2.24) is 15.1 Å². The third-order valence-corrected chi connectivity index (χ3v) is 7.86. The molecule has 3 amide bonds. The van der Waals surface area contributed by atoms with Crippen molar-refractivity contribution in [2.24, 2.45) is 5.92 Å². The first-order valence-corrected chi connectivity index (χ1v) is 14.1. The lowest BCUT2D eigenvalue weighted by Gasteiger charge is -2.38. The summed E-state index contributed by atoms with van der Waals surface area (Å²) < 4.78 is 35.4. The predicted octanol–water partition coefficient (Wildman–Crippen LogP) is 3.07. The first kappa shape index (κ1) is 29.2. The van der Waals surface area contributed by atoms with Crippen LogP contribution in [0.15, 0.2) is 47.4 Å². The highest BCUT2D eigenvalue weighted by molar-refractivity contribution is 7.92. The molecule has 0 saturated heterocycles. The summed E-state index contributed by atoms with van der Waals surface area (Å²) in [4.78, 5) is 29.3. The number of carbonyl (C=O) groups is 2. The Hall–Kier alpha value is -3.31. The van der Waals surface area contributed by atoms with Crippen LogP contribution in [0.4, 0.5) is 10.5 Å². The Bertz CT molecular complexity index is 1250. The van der Waals surface area contributed by atoms with Crippen LogP contribution in [-0.4, -0.2) is 80.2 Å². The van der Waals surface area contributed by atoms with E-state index in [1.165, 1.54) is 23.1 Å². The Morgan fingerprint density at radius 1 is 1.18 bits per heavy atom. The van der Waals surface area contributed by atoms with E-state index in [1.54, 1.807) is 43.1 Å². The molecule has 3 rings (SSSR count). The van der Waals surface area contributed by atoms with Crippen molar-refractivity contribution < 1.29 is 27.9 Å². The monoisotopic (exact) mass is 546 g/mol. The molecule has 38 heavy (non-hydrogen) atoms. The Morgan fingerprint density at radius 3 is 2.45 bits per heavy atom. The number of aliphatic hydroxyl groups is 1. The molecule has 0 aliphatic carbocycles. The molecule has 0 radical (unpaired) electrons. The number of sulfonamides is 1. The predicted molar refractivity (Wildman–Crippen MR) is 146 cm³/mol. The van der Waals surface area contributed by atoms with Gasteiger partial charge in [0.25, 0.3) is 15.9 Å². The molecule has 0 unspecified atom stereocenters. The van der Waals surface area contributed by atoms with Crippen molar-refractivity contribution in [2.45, 2.75) is 57.7 Å². The van der Waals surface area contributed by atoms with Gasteiger partial charge in [-0.15, -0.1) is 0 Å². The minimum atomic E-state index is -3.99. The van der Waals surface area contributed by atoms with E-state index < -0.39 is 22.2 Å². The van der Waals surface area contributed by atoms with Crippen LogP contribution in [-0.2, 0) is 10.0 Å². The number of urea groups is 1. The first-order chi connectivity index (χ1) is 17.8. The normalized spacial score (nSPS) is 18.6. The maximum Gasteiger partial charge on any atom is 0.317 e. The smallest absolute Gasteiger partial charge is 0.317 e. The number of ether oxygens (including phenoxy) is 1. The number of aryl methyl sites for hydroxylation is 1. The van der Waals surface area contributed by atoms with Crippen molar-refractivity contribution in [1.29, 1.82) is 0 Å². The summed E-state index contributed by atoms with van der Waals surface area (Å²) in [5, 5.41) is 12.7. The highest BCUT2D eigenvalue weighted by Gasteiger charge is 2.35. The van der Waals surface area contributed by atoms with Gasteiger partial charge in [0.2, 0.25) is 0 Å². The molecule has 11 heteroatoms. The van der Waals surface area contributed by atoms with E-state index in [0.29, 0.717) is 0 Å². The van der Waals surface area contributed by atoms with Crippen LogP contribution in [0.25, 0.3) is 0 Å². The largest absolute Gasteiger partial charge is 0.485 e. The standard InChI is InChI=1S/C27H38N4O6S/c1-17(2)28-27(34)30(6)15-24-19(4)14-31(20(5)16-32)26(33)22-8-7-9-23(25(22)37-24)29-38(35,36)21-12-10-18(3)11-13-21/h7-13,17,19-20,24,29,32H,14-16H2,1-6H3,(H,28,34)/t19-,20+,24+/m1/s1. The number of anilines is 1. The molecule has 0 aromatic heterocycles. The van der Waals surface area contributed by atoms with Gasteiger partial charge in [-0.25, -0.2) is 13.2 Å². The van der Waals surface area contributed by atoms with Gasteiger partial charge < -0.3 is 25.0 Å². The van der Waals surface area contributed by atoms with E-state index >= 15 is 0 Å². The summed E-state index contributed by atoms with van der Waals surface area (Å²) in [6, 6.07) is 10.3. The maximum atomic E-state index is 13.6. The average Bonchev–Trinajstić information content (AvgIpc) is 2.85. The van der Waals surface area contributed by atoms with Gasteiger partial charge in [-0.05, 0) is 52.0 Å². The van der Waals surface area contributed by atoms with Crippen LogP contribution < -0.4 is 14.8 Å².